The fourth-order valence-corrected chi connectivity index (χ4v) is 5.10. The molecule has 101 valence electrons. The Balaban J connectivity index is 2.14. The van der Waals surface area contributed by atoms with Crippen molar-refractivity contribution in [2.45, 2.75) is 0 Å². The zero-order chi connectivity index (χ0) is 13.8. The van der Waals surface area contributed by atoms with E-state index in [-0.39, 0.29) is 0 Å². The van der Waals surface area contributed by atoms with E-state index in [2.05, 4.69) is 104 Å². The van der Waals surface area contributed by atoms with Crippen LogP contribution in [-0.4, -0.2) is 0 Å². The SMILES string of the molecule is [Pd][c]1cccc(P(c2ccccc2)c2ccccc2)c1. The van der Waals surface area contributed by atoms with E-state index < -0.39 is 7.92 Å². The summed E-state index contributed by atoms with van der Waals surface area (Å²) in [5.74, 6) is 0. The van der Waals surface area contributed by atoms with Gasteiger partial charge in [0, 0.05) is 0 Å². The van der Waals surface area contributed by atoms with Gasteiger partial charge in [-0.15, -0.1) is 0 Å². The first kappa shape index (κ1) is 13.7. The van der Waals surface area contributed by atoms with Gasteiger partial charge in [-0.1, -0.05) is 0 Å². The van der Waals surface area contributed by atoms with Crippen LogP contribution in [0.25, 0.3) is 0 Å². The summed E-state index contributed by atoms with van der Waals surface area (Å²) in [5, 5.41) is 4.15. The van der Waals surface area contributed by atoms with E-state index in [0.717, 1.165) is 0 Å². The monoisotopic (exact) mass is 367 g/mol. The van der Waals surface area contributed by atoms with Gasteiger partial charge in [-0.2, -0.15) is 0 Å². The Morgan fingerprint density at radius 1 is 0.550 bits per heavy atom. The second kappa shape index (κ2) is 6.47. The van der Waals surface area contributed by atoms with E-state index in [9.17, 15) is 0 Å². The Bertz CT molecular complexity index is 641. The Labute approximate surface area is 132 Å². The third-order valence-corrected chi connectivity index (χ3v) is 5.98. The van der Waals surface area contributed by atoms with Crippen LogP contribution in [0.2, 0.25) is 0 Å². The number of hydrogen-bond donors (Lipinski definition) is 0. The molecule has 0 aromatic heterocycles. The fraction of sp³-hybridized carbons (Fsp3) is 0. The van der Waals surface area contributed by atoms with Crippen LogP contribution >= 0.6 is 7.92 Å². The molecule has 20 heavy (non-hydrogen) atoms. The average molecular weight is 368 g/mol. The van der Waals surface area contributed by atoms with Crippen LogP contribution in [0.5, 0.6) is 0 Å². The number of rotatable bonds is 3. The standard InChI is InChI=1S/C18H14P.Pd/c1-4-10-16(11-5-1)19(17-12-6-2-7-13-17)18-14-8-3-9-15-18;/h1-8,10-15H;. The predicted molar refractivity (Wildman–Crippen MR) is 84.8 cm³/mol. The van der Waals surface area contributed by atoms with E-state index >= 15 is 0 Å². The zero-order valence-corrected chi connectivity index (χ0v) is 13.3. The van der Waals surface area contributed by atoms with Crippen molar-refractivity contribution < 1.29 is 19.2 Å². The first-order valence-corrected chi connectivity index (χ1v) is 8.59. The van der Waals surface area contributed by atoms with Gasteiger partial charge in [0.05, 0.1) is 0 Å². The van der Waals surface area contributed by atoms with Crippen LogP contribution in [-0.2, 0) is 19.2 Å². The summed E-state index contributed by atoms with van der Waals surface area (Å²) in [6.07, 6.45) is 0. The molecule has 0 aliphatic heterocycles. The van der Waals surface area contributed by atoms with Gasteiger partial charge >= 0.3 is 132 Å². The number of hydrogen-bond acceptors (Lipinski definition) is 0. The molecule has 3 rings (SSSR count). The summed E-state index contributed by atoms with van der Waals surface area (Å²) in [5.41, 5.74) is 0. The van der Waals surface area contributed by atoms with Crippen LogP contribution in [0.15, 0.2) is 84.9 Å². The van der Waals surface area contributed by atoms with Gasteiger partial charge in [0.1, 0.15) is 0 Å². The van der Waals surface area contributed by atoms with Crippen LogP contribution in [0.4, 0.5) is 0 Å². The van der Waals surface area contributed by atoms with Crippen molar-refractivity contribution >= 4 is 27.9 Å². The van der Waals surface area contributed by atoms with Gasteiger partial charge in [0.2, 0.25) is 0 Å². The van der Waals surface area contributed by atoms with Crippen molar-refractivity contribution in [3.8, 4) is 0 Å². The molecule has 3 aromatic carbocycles. The van der Waals surface area contributed by atoms with Crippen molar-refractivity contribution in [2.75, 3.05) is 0 Å². The van der Waals surface area contributed by atoms with E-state index in [0.29, 0.717) is 0 Å². The van der Waals surface area contributed by atoms with E-state index in [4.69, 9.17) is 0 Å². The van der Waals surface area contributed by atoms with Gasteiger partial charge in [-0.3, -0.25) is 0 Å². The summed E-state index contributed by atoms with van der Waals surface area (Å²) in [6.45, 7) is 0. The maximum atomic E-state index is 3.30. The summed E-state index contributed by atoms with van der Waals surface area (Å²) >= 11 is 3.30. The van der Waals surface area contributed by atoms with Crippen molar-refractivity contribution in [3.05, 3.63) is 84.9 Å². The predicted octanol–water partition coefficient (Wildman–Crippen LogP) is 2.62. The molecule has 0 aliphatic rings. The molecule has 0 nitrogen and oxygen atoms in total. The second-order valence-corrected chi connectivity index (χ2v) is 7.57. The Hall–Kier alpha value is -1.25. The van der Waals surface area contributed by atoms with Gasteiger partial charge in [0.15, 0.2) is 0 Å². The fourth-order valence-electron chi connectivity index (χ4n) is 2.20. The summed E-state index contributed by atoms with van der Waals surface area (Å²) in [4.78, 5) is 0. The van der Waals surface area contributed by atoms with Crippen LogP contribution < -0.4 is 19.9 Å². The summed E-state index contributed by atoms with van der Waals surface area (Å²) < 4.78 is 1.17. The zero-order valence-electron chi connectivity index (χ0n) is 10.8. The Morgan fingerprint density at radius 2 is 1.05 bits per heavy atom. The van der Waals surface area contributed by atoms with Crippen molar-refractivity contribution in [2.24, 2.45) is 0 Å². The summed E-state index contributed by atoms with van der Waals surface area (Å²) in [7, 11) is -0.486. The van der Waals surface area contributed by atoms with Gasteiger partial charge in [-0.25, -0.2) is 0 Å². The average Bonchev–Trinajstić information content (AvgIpc) is 2.50. The quantitative estimate of drug-likeness (QED) is 0.493. The number of benzene rings is 3. The van der Waals surface area contributed by atoms with Gasteiger partial charge in [0.25, 0.3) is 0 Å². The van der Waals surface area contributed by atoms with Crippen molar-refractivity contribution in [1.29, 1.82) is 0 Å². The third-order valence-electron chi connectivity index (χ3n) is 3.08. The molecule has 0 bridgehead atoms. The van der Waals surface area contributed by atoms with Crippen LogP contribution in [0, 0.1) is 0 Å². The van der Waals surface area contributed by atoms with E-state index in [1.807, 2.05) is 0 Å². The minimum absolute atomic E-state index is 0.486. The molecular formula is C18H14PPd. The minimum atomic E-state index is -0.486. The first-order chi connectivity index (χ1) is 9.84. The molecule has 0 heterocycles. The first-order valence-electron chi connectivity index (χ1n) is 6.47. The topological polar surface area (TPSA) is 0 Å². The molecule has 0 amide bonds. The van der Waals surface area contributed by atoms with Crippen molar-refractivity contribution in [1.82, 2.24) is 0 Å². The molecule has 0 aliphatic carbocycles. The third kappa shape index (κ3) is 3.08. The molecule has 0 radical (unpaired) electrons. The van der Waals surface area contributed by atoms with E-state index in [1.54, 1.807) is 0 Å². The molecule has 2 heteroatoms. The Morgan fingerprint density at radius 3 is 1.55 bits per heavy atom. The molecule has 0 N–H and O–H groups in total. The molecular weight excluding hydrogens is 354 g/mol. The molecule has 0 saturated carbocycles. The molecule has 3 aromatic rings. The maximum absolute atomic E-state index is 3.30. The normalized spacial score (nSPS) is 10.8. The molecule has 0 unspecified atom stereocenters. The molecule has 0 spiro atoms. The summed E-state index contributed by atoms with van der Waals surface area (Å²) in [6, 6.07) is 30.2. The van der Waals surface area contributed by atoms with Crippen molar-refractivity contribution in [3.63, 3.8) is 0 Å². The Kier molecular flexibility index (Phi) is 4.44. The molecule has 0 saturated heterocycles. The second-order valence-electron chi connectivity index (χ2n) is 4.45. The van der Waals surface area contributed by atoms with Gasteiger partial charge < -0.3 is 0 Å². The van der Waals surface area contributed by atoms with Crippen LogP contribution in [0.1, 0.15) is 0 Å². The molecule has 0 fully saturated rings. The molecule has 0 atom stereocenters. The van der Waals surface area contributed by atoms with Gasteiger partial charge in [-0.05, 0) is 0 Å². The van der Waals surface area contributed by atoms with Crippen LogP contribution in [0.3, 0.4) is 0 Å². The van der Waals surface area contributed by atoms with E-state index in [1.165, 1.54) is 19.9 Å².